The number of carbonyl (C=O) groups is 1. The molecule has 5 heterocycles. The molecule has 4 aliphatic rings. The van der Waals surface area contributed by atoms with Crippen LogP contribution in [0, 0.1) is 12.8 Å². The van der Waals surface area contributed by atoms with Crippen LogP contribution in [0.5, 0.6) is 0 Å². The second-order valence-corrected chi connectivity index (χ2v) is 7.36. The number of furan rings is 1. The molecule has 1 amide bonds. The fourth-order valence-electron chi connectivity index (χ4n) is 4.72. The van der Waals surface area contributed by atoms with Crippen LogP contribution in [0.1, 0.15) is 41.7 Å². The van der Waals surface area contributed by atoms with Crippen LogP contribution >= 0.6 is 0 Å². The second kappa shape index (κ2) is 4.57. The summed E-state index contributed by atoms with van der Waals surface area (Å²) in [6.45, 7) is 4.39. The highest BCUT2D eigenvalue weighted by Gasteiger charge is 2.60. The predicted octanol–water partition coefficient (Wildman–Crippen LogP) is 2.49. The van der Waals surface area contributed by atoms with E-state index >= 15 is 0 Å². The van der Waals surface area contributed by atoms with Gasteiger partial charge in [0.25, 0.3) is 5.91 Å². The first-order chi connectivity index (χ1) is 11.2. The lowest BCUT2D eigenvalue weighted by molar-refractivity contribution is -0.00152. The molecular formula is C18H21N3O2. The SMILES string of the molecule is Cc1coc2cnc(C(=O)N[C@H]3C4CCN(CC4)C34CC4)cc12. The lowest BCUT2D eigenvalue weighted by Gasteiger charge is -2.52. The molecule has 23 heavy (non-hydrogen) atoms. The topological polar surface area (TPSA) is 58.4 Å². The summed E-state index contributed by atoms with van der Waals surface area (Å²) < 4.78 is 5.42. The second-order valence-electron chi connectivity index (χ2n) is 7.36. The molecular weight excluding hydrogens is 290 g/mol. The minimum absolute atomic E-state index is 0.0440. The van der Waals surface area contributed by atoms with E-state index in [1.165, 1.54) is 38.8 Å². The molecule has 4 fully saturated rings. The number of rotatable bonds is 2. The summed E-state index contributed by atoms with van der Waals surface area (Å²) in [5.41, 5.74) is 2.53. The maximum Gasteiger partial charge on any atom is 0.270 e. The summed E-state index contributed by atoms with van der Waals surface area (Å²) in [6.07, 6.45) is 8.23. The van der Waals surface area contributed by atoms with Crippen LogP contribution in [0.4, 0.5) is 0 Å². The molecule has 5 nitrogen and oxygen atoms in total. The first-order valence-corrected chi connectivity index (χ1v) is 8.57. The van der Waals surface area contributed by atoms with Gasteiger partial charge in [-0.05, 0) is 63.2 Å². The number of hydrogen-bond donors (Lipinski definition) is 1. The largest absolute Gasteiger partial charge is 0.462 e. The average molecular weight is 311 g/mol. The maximum absolute atomic E-state index is 12.8. The Bertz CT molecular complexity index is 785. The molecule has 6 rings (SSSR count). The summed E-state index contributed by atoms with van der Waals surface area (Å²) in [4.78, 5) is 19.7. The highest BCUT2D eigenvalue weighted by atomic mass is 16.3. The van der Waals surface area contributed by atoms with Crippen molar-refractivity contribution in [2.45, 2.75) is 44.2 Å². The molecule has 1 aliphatic carbocycles. The van der Waals surface area contributed by atoms with Crippen LogP contribution in [0.25, 0.3) is 11.0 Å². The summed E-state index contributed by atoms with van der Waals surface area (Å²) in [5.74, 6) is 0.586. The van der Waals surface area contributed by atoms with Crippen molar-refractivity contribution in [3.05, 3.63) is 29.8 Å². The molecule has 1 N–H and O–H groups in total. The van der Waals surface area contributed by atoms with Crippen molar-refractivity contribution in [2.75, 3.05) is 13.1 Å². The van der Waals surface area contributed by atoms with E-state index in [1.54, 1.807) is 12.5 Å². The molecule has 0 unspecified atom stereocenters. The number of pyridine rings is 1. The number of aryl methyl sites for hydroxylation is 1. The smallest absolute Gasteiger partial charge is 0.270 e. The Morgan fingerprint density at radius 1 is 1.39 bits per heavy atom. The van der Waals surface area contributed by atoms with E-state index in [0.717, 1.165) is 16.5 Å². The zero-order valence-electron chi connectivity index (χ0n) is 13.3. The van der Waals surface area contributed by atoms with Gasteiger partial charge in [-0.25, -0.2) is 4.98 Å². The van der Waals surface area contributed by atoms with Gasteiger partial charge in [0, 0.05) is 10.9 Å². The van der Waals surface area contributed by atoms with Crippen LogP contribution in [0.2, 0.25) is 0 Å². The number of fused-ring (bicyclic) bond motifs is 3. The standard InChI is InChI=1S/C18H21N3O2/c1-11-10-23-15-9-19-14(8-13(11)15)17(22)20-16-12-2-6-21(7-3-12)18(16)4-5-18/h8-10,12,16H,2-7H2,1H3,(H,20,22)/t16-/m0/s1. The molecule has 120 valence electrons. The Labute approximate surface area is 135 Å². The van der Waals surface area contributed by atoms with E-state index in [1.807, 2.05) is 13.0 Å². The van der Waals surface area contributed by atoms with E-state index in [0.29, 0.717) is 17.7 Å². The van der Waals surface area contributed by atoms with Crippen molar-refractivity contribution in [1.82, 2.24) is 15.2 Å². The number of hydrogen-bond acceptors (Lipinski definition) is 4. The number of amides is 1. The molecule has 2 aromatic rings. The van der Waals surface area contributed by atoms with Crippen molar-refractivity contribution in [3.63, 3.8) is 0 Å². The number of aromatic nitrogens is 1. The lowest BCUT2D eigenvalue weighted by Crippen LogP contribution is -2.65. The van der Waals surface area contributed by atoms with Gasteiger partial charge in [-0.2, -0.15) is 0 Å². The molecule has 2 bridgehead atoms. The number of piperidine rings is 3. The van der Waals surface area contributed by atoms with Crippen molar-refractivity contribution < 1.29 is 9.21 Å². The normalized spacial score (nSPS) is 30.7. The molecule has 0 radical (unpaired) electrons. The highest BCUT2D eigenvalue weighted by molar-refractivity contribution is 5.96. The van der Waals surface area contributed by atoms with E-state index in [4.69, 9.17) is 4.42 Å². The Kier molecular flexibility index (Phi) is 2.69. The monoisotopic (exact) mass is 311 g/mol. The van der Waals surface area contributed by atoms with Gasteiger partial charge in [-0.1, -0.05) is 0 Å². The Morgan fingerprint density at radius 3 is 2.91 bits per heavy atom. The van der Waals surface area contributed by atoms with E-state index in [2.05, 4.69) is 15.2 Å². The van der Waals surface area contributed by atoms with Crippen molar-refractivity contribution in [2.24, 2.45) is 5.92 Å². The van der Waals surface area contributed by atoms with Gasteiger partial charge < -0.3 is 9.73 Å². The van der Waals surface area contributed by atoms with Crippen LogP contribution < -0.4 is 5.32 Å². The Hall–Kier alpha value is -1.88. The van der Waals surface area contributed by atoms with Crippen LogP contribution in [-0.4, -0.2) is 40.5 Å². The molecule has 3 saturated heterocycles. The van der Waals surface area contributed by atoms with Gasteiger partial charge in [0.05, 0.1) is 18.5 Å². The average Bonchev–Trinajstić information content (AvgIpc) is 3.28. The molecule has 5 heteroatoms. The van der Waals surface area contributed by atoms with Crippen LogP contribution in [0.15, 0.2) is 22.9 Å². The van der Waals surface area contributed by atoms with Gasteiger partial charge >= 0.3 is 0 Å². The summed E-state index contributed by atoms with van der Waals surface area (Å²) in [6, 6.07) is 2.14. The zero-order valence-corrected chi connectivity index (χ0v) is 13.3. The number of nitrogens with zero attached hydrogens (tertiary/aromatic N) is 2. The molecule has 3 aliphatic heterocycles. The number of carbonyl (C=O) groups excluding carboxylic acids is 1. The molecule has 0 aromatic carbocycles. The van der Waals surface area contributed by atoms with E-state index in [-0.39, 0.29) is 11.4 Å². The predicted molar refractivity (Wildman–Crippen MR) is 86.3 cm³/mol. The fraction of sp³-hybridized carbons (Fsp3) is 0.556. The molecule has 1 saturated carbocycles. The van der Waals surface area contributed by atoms with Crippen molar-refractivity contribution in [3.8, 4) is 0 Å². The van der Waals surface area contributed by atoms with Gasteiger partial charge in [-0.15, -0.1) is 0 Å². The van der Waals surface area contributed by atoms with Gasteiger partial charge in [0.2, 0.25) is 0 Å². The highest BCUT2D eigenvalue weighted by Crippen LogP contribution is 2.53. The third kappa shape index (κ3) is 1.89. The first kappa shape index (κ1) is 13.5. The zero-order chi connectivity index (χ0) is 15.6. The fourth-order valence-corrected chi connectivity index (χ4v) is 4.72. The van der Waals surface area contributed by atoms with E-state index in [9.17, 15) is 4.79 Å². The first-order valence-electron chi connectivity index (χ1n) is 8.57. The van der Waals surface area contributed by atoms with Crippen LogP contribution in [0.3, 0.4) is 0 Å². The quantitative estimate of drug-likeness (QED) is 0.926. The lowest BCUT2D eigenvalue weighted by atomic mass is 9.77. The summed E-state index contributed by atoms with van der Waals surface area (Å²) >= 11 is 0. The third-order valence-electron chi connectivity index (χ3n) is 6.16. The van der Waals surface area contributed by atoms with Gasteiger partial charge in [0.1, 0.15) is 5.69 Å². The molecule has 2 aromatic heterocycles. The van der Waals surface area contributed by atoms with Crippen molar-refractivity contribution in [1.29, 1.82) is 0 Å². The minimum Gasteiger partial charge on any atom is -0.462 e. The minimum atomic E-state index is -0.0440. The number of nitrogens with one attached hydrogen (secondary N) is 1. The maximum atomic E-state index is 12.8. The third-order valence-corrected chi connectivity index (χ3v) is 6.16. The Balaban J connectivity index is 1.43. The van der Waals surface area contributed by atoms with Crippen LogP contribution in [-0.2, 0) is 0 Å². The summed E-state index contributed by atoms with van der Waals surface area (Å²) in [7, 11) is 0. The van der Waals surface area contributed by atoms with Gasteiger partial charge in [-0.3, -0.25) is 9.69 Å². The summed E-state index contributed by atoms with van der Waals surface area (Å²) in [5, 5.41) is 4.29. The molecule has 1 spiro atoms. The Morgan fingerprint density at radius 2 is 2.17 bits per heavy atom. The molecule has 1 atom stereocenters. The van der Waals surface area contributed by atoms with Gasteiger partial charge in [0.15, 0.2) is 5.58 Å². The van der Waals surface area contributed by atoms with E-state index < -0.39 is 0 Å². The van der Waals surface area contributed by atoms with Crippen molar-refractivity contribution >= 4 is 16.9 Å².